The second-order valence-electron chi connectivity index (χ2n) is 6.56. The van der Waals surface area contributed by atoms with Crippen LogP contribution in [0.15, 0.2) is 48.8 Å². The lowest BCUT2D eigenvalue weighted by atomic mass is 10.0. The molecular weight excluding hydrogens is 338 g/mol. The summed E-state index contributed by atoms with van der Waals surface area (Å²) < 4.78 is 1.57. The van der Waals surface area contributed by atoms with E-state index in [1.807, 2.05) is 24.3 Å². The molecule has 27 heavy (non-hydrogen) atoms. The van der Waals surface area contributed by atoms with E-state index in [4.69, 9.17) is 5.26 Å². The van der Waals surface area contributed by atoms with Gasteiger partial charge in [-0.2, -0.15) is 10.4 Å². The molecule has 1 aliphatic carbocycles. The molecule has 0 saturated heterocycles. The molecule has 3 aromatic rings. The second-order valence-corrected chi connectivity index (χ2v) is 6.56. The number of nitriles is 1. The topological polar surface area (TPSA) is 83.1 Å². The predicted octanol–water partition coefficient (Wildman–Crippen LogP) is 3.87. The Hall–Kier alpha value is -3.20. The van der Waals surface area contributed by atoms with Crippen molar-refractivity contribution in [1.82, 2.24) is 19.9 Å². The zero-order valence-corrected chi connectivity index (χ0v) is 15.3. The molecule has 1 aromatic carbocycles. The van der Waals surface area contributed by atoms with Crippen molar-refractivity contribution in [3.63, 3.8) is 0 Å². The molecule has 0 radical (unpaired) electrons. The summed E-state index contributed by atoms with van der Waals surface area (Å²) in [4.78, 5) is 16.3. The van der Waals surface area contributed by atoms with Crippen molar-refractivity contribution in [2.45, 2.75) is 45.1 Å². The van der Waals surface area contributed by atoms with Crippen LogP contribution in [0.1, 0.15) is 60.1 Å². The molecule has 0 spiro atoms. The van der Waals surface area contributed by atoms with Crippen LogP contribution in [0.25, 0.3) is 5.65 Å². The molecule has 1 N–H and O–H groups in total. The summed E-state index contributed by atoms with van der Waals surface area (Å²) in [7, 11) is 0. The van der Waals surface area contributed by atoms with Crippen molar-refractivity contribution in [2.24, 2.45) is 0 Å². The van der Waals surface area contributed by atoms with E-state index in [0.29, 0.717) is 29.0 Å². The fourth-order valence-corrected chi connectivity index (χ4v) is 3.00. The number of carbonyl (C=O) groups is 1. The van der Waals surface area contributed by atoms with Gasteiger partial charge in [0.2, 0.25) is 0 Å². The van der Waals surface area contributed by atoms with Crippen LogP contribution >= 0.6 is 0 Å². The number of imidazole rings is 1. The van der Waals surface area contributed by atoms with Gasteiger partial charge in [-0.1, -0.05) is 56.7 Å². The summed E-state index contributed by atoms with van der Waals surface area (Å²) >= 11 is 0. The summed E-state index contributed by atoms with van der Waals surface area (Å²) in [5.74, 6) is -0.154. The van der Waals surface area contributed by atoms with Gasteiger partial charge in [0, 0.05) is 11.6 Å². The van der Waals surface area contributed by atoms with Gasteiger partial charge in [-0.05, 0) is 12.1 Å². The molecule has 0 atom stereocenters. The predicted molar refractivity (Wildman–Crippen MR) is 103 cm³/mol. The number of aromatic nitrogens is 3. The van der Waals surface area contributed by atoms with Crippen LogP contribution in [-0.2, 0) is 6.54 Å². The minimum atomic E-state index is -0.154. The Balaban J connectivity index is 0.000000299. The van der Waals surface area contributed by atoms with Crippen molar-refractivity contribution in [1.29, 1.82) is 5.26 Å². The Morgan fingerprint density at radius 3 is 2.41 bits per heavy atom. The molecule has 0 bridgehead atoms. The Morgan fingerprint density at radius 2 is 1.78 bits per heavy atom. The maximum absolute atomic E-state index is 11.9. The van der Waals surface area contributed by atoms with Gasteiger partial charge in [-0.15, -0.1) is 0 Å². The highest BCUT2D eigenvalue weighted by molar-refractivity contribution is 5.94. The van der Waals surface area contributed by atoms with E-state index < -0.39 is 0 Å². The third-order valence-electron chi connectivity index (χ3n) is 4.47. The SMILES string of the molecule is C1CCCCC1.N#Cc1cnn2cc(CNC(=O)c3ccccc3)nc2c1. The lowest BCUT2D eigenvalue weighted by molar-refractivity contribution is 0.0950. The van der Waals surface area contributed by atoms with Crippen LogP contribution in [-0.4, -0.2) is 20.5 Å². The highest BCUT2D eigenvalue weighted by Crippen LogP contribution is 2.15. The van der Waals surface area contributed by atoms with E-state index in [0.717, 1.165) is 0 Å². The summed E-state index contributed by atoms with van der Waals surface area (Å²) in [6.45, 7) is 0.305. The van der Waals surface area contributed by atoms with Gasteiger partial charge >= 0.3 is 0 Å². The molecule has 1 aliphatic rings. The maximum Gasteiger partial charge on any atom is 0.251 e. The number of amides is 1. The Labute approximate surface area is 158 Å². The molecule has 0 aliphatic heterocycles. The molecule has 6 nitrogen and oxygen atoms in total. The van der Waals surface area contributed by atoms with E-state index in [9.17, 15) is 4.79 Å². The minimum Gasteiger partial charge on any atom is -0.346 e. The van der Waals surface area contributed by atoms with Crippen LogP contribution < -0.4 is 5.32 Å². The average molecular weight is 361 g/mol. The summed E-state index contributed by atoms with van der Waals surface area (Å²) in [6.07, 6.45) is 12.2. The lowest BCUT2D eigenvalue weighted by Crippen LogP contribution is -2.22. The zero-order valence-electron chi connectivity index (χ0n) is 15.3. The lowest BCUT2D eigenvalue weighted by Gasteiger charge is -2.05. The molecule has 0 unspecified atom stereocenters. The van der Waals surface area contributed by atoms with Crippen molar-refractivity contribution in [3.8, 4) is 6.07 Å². The van der Waals surface area contributed by atoms with Crippen molar-refractivity contribution in [2.75, 3.05) is 0 Å². The van der Waals surface area contributed by atoms with Crippen molar-refractivity contribution < 1.29 is 4.79 Å². The van der Waals surface area contributed by atoms with Crippen molar-refractivity contribution >= 4 is 11.6 Å². The smallest absolute Gasteiger partial charge is 0.251 e. The molecule has 1 fully saturated rings. The first-order chi connectivity index (χ1) is 13.3. The quantitative estimate of drug-likeness (QED) is 0.767. The molecule has 2 aromatic heterocycles. The Bertz CT molecular complexity index is 911. The van der Waals surface area contributed by atoms with E-state index in [-0.39, 0.29) is 5.91 Å². The van der Waals surface area contributed by atoms with Crippen LogP contribution in [0, 0.1) is 11.3 Å². The molecule has 138 valence electrons. The normalized spacial score (nSPS) is 13.3. The monoisotopic (exact) mass is 361 g/mol. The van der Waals surface area contributed by atoms with Gasteiger partial charge in [0.1, 0.15) is 6.07 Å². The van der Waals surface area contributed by atoms with Gasteiger partial charge in [-0.3, -0.25) is 4.79 Å². The average Bonchev–Trinajstić information content (AvgIpc) is 3.16. The number of hydrogen-bond donors (Lipinski definition) is 1. The minimum absolute atomic E-state index is 0.154. The number of nitrogens with zero attached hydrogens (tertiary/aromatic N) is 4. The molecular formula is C21H23N5O. The first-order valence-corrected chi connectivity index (χ1v) is 9.34. The molecule has 1 saturated carbocycles. The van der Waals surface area contributed by atoms with Gasteiger partial charge in [0.25, 0.3) is 5.91 Å². The third-order valence-corrected chi connectivity index (χ3v) is 4.47. The third kappa shape index (κ3) is 5.38. The maximum atomic E-state index is 11.9. The second kappa shape index (κ2) is 9.48. The Kier molecular flexibility index (Phi) is 6.53. The molecule has 1 amide bonds. The van der Waals surface area contributed by atoms with E-state index in [1.54, 1.807) is 28.9 Å². The van der Waals surface area contributed by atoms with E-state index >= 15 is 0 Å². The number of carbonyl (C=O) groups excluding carboxylic acids is 1. The molecule has 6 heteroatoms. The summed E-state index contributed by atoms with van der Waals surface area (Å²) in [5, 5.41) is 15.7. The fraction of sp³-hybridized carbons (Fsp3) is 0.333. The highest BCUT2D eigenvalue weighted by atomic mass is 16.1. The van der Waals surface area contributed by atoms with Crippen LogP contribution in [0.2, 0.25) is 0 Å². The number of hydrogen-bond acceptors (Lipinski definition) is 4. The van der Waals surface area contributed by atoms with Gasteiger partial charge < -0.3 is 5.32 Å². The van der Waals surface area contributed by atoms with Crippen LogP contribution in [0.3, 0.4) is 0 Å². The zero-order chi connectivity index (χ0) is 18.9. The van der Waals surface area contributed by atoms with Crippen LogP contribution in [0.4, 0.5) is 0 Å². The van der Waals surface area contributed by atoms with Gasteiger partial charge in [0.05, 0.1) is 30.2 Å². The Morgan fingerprint density at radius 1 is 1.11 bits per heavy atom. The van der Waals surface area contributed by atoms with E-state index in [1.165, 1.54) is 44.7 Å². The fourth-order valence-electron chi connectivity index (χ4n) is 3.00. The number of benzene rings is 1. The van der Waals surface area contributed by atoms with Crippen LogP contribution in [0.5, 0.6) is 0 Å². The first-order valence-electron chi connectivity index (χ1n) is 9.34. The van der Waals surface area contributed by atoms with Gasteiger partial charge in [-0.25, -0.2) is 9.50 Å². The molecule has 2 heterocycles. The van der Waals surface area contributed by atoms with Gasteiger partial charge in [0.15, 0.2) is 5.65 Å². The number of rotatable bonds is 3. The van der Waals surface area contributed by atoms with Crippen molar-refractivity contribution in [3.05, 3.63) is 65.6 Å². The van der Waals surface area contributed by atoms with E-state index in [2.05, 4.69) is 15.4 Å². The number of fused-ring (bicyclic) bond motifs is 1. The summed E-state index contributed by atoms with van der Waals surface area (Å²) in [5.41, 5.74) is 2.32. The first kappa shape index (κ1) is 18.6. The summed E-state index contributed by atoms with van der Waals surface area (Å²) in [6, 6.07) is 12.6. The largest absolute Gasteiger partial charge is 0.346 e. The molecule has 4 rings (SSSR count). The highest BCUT2D eigenvalue weighted by Gasteiger charge is 2.07. The standard InChI is InChI=1S/C15H11N5O.C6H12/c16-7-11-6-14-19-13(10-20(14)18-8-11)9-17-15(21)12-4-2-1-3-5-12;1-2-4-6-5-3-1/h1-6,8,10H,9H2,(H,17,21);1-6H2. The number of nitrogens with one attached hydrogen (secondary N) is 1.